The number of nitrogens with zero attached hydrogens (tertiary/aromatic N) is 2. The van der Waals surface area contributed by atoms with Crippen molar-refractivity contribution in [2.75, 3.05) is 19.0 Å². The lowest BCUT2D eigenvalue weighted by Crippen LogP contribution is -2.18. The van der Waals surface area contributed by atoms with E-state index in [4.69, 9.17) is 6.57 Å². The summed E-state index contributed by atoms with van der Waals surface area (Å²) in [5.41, 5.74) is -0.116. The van der Waals surface area contributed by atoms with Gasteiger partial charge in [0.15, 0.2) is 0 Å². The van der Waals surface area contributed by atoms with E-state index in [0.29, 0.717) is 6.54 Å². The molecule has 0 spiro atoms. The number of nitro groups is 1. The van der Waals surface area contributed by atoms with Gasteiger partial charge in [-0.25, -0.2) is 11.4 Å². The molecule has 1 aliphatic carbocycles. The number of benzene rings is 1. The van der Waals surface area contributed by atoms with Crippen LogP contribution in [0.2, 0.25) is 0 Å². The molecule has 0 unspecified atom stereocenters. The van der Waals surface area contributed by atoms with Gasteiger partial charge in [-0.1, -0.05) is 0 Å². The lowest BCUT2D eigenvalue weighted by molar-refractivity contribution is -0.384. The molecular formula is C13H13N3O4. The normalized spacial score (nSPS) is 15.0. The quantitative estimate of drug-likeness (QED) is 0.385. The third-order valence-electron chi connectivity index (χ3n) is 3.29. The third kappa shape index (κ3) is 2.69. The maximum Gasteiger partial charge on any atom is 0.337 e. The van der Waals surface area contributed by atoms with Crippen LogP contribution >= 0.6 is 0 Å². The number of carbonyl (C=O) groups excluding carboxylic acids is 1. The Morgan fingerprint density at radius 1 is 1.60 bits per heavy atom. The number of carbonyl (C=O) groups is 1. The highest BCUT2D eigenvalue weighted by Gasteiger charge is 2.50. The largest absolute Gasteiger partial charge is 0.465 e. The van der Waals surface area contributed by atoms with Crippen LogP contribution in [-0.2, 0) is 4.74 Å². The molecule has 104 valence electrons. The number of esters is 1. The average Bonchev–Trinajstić information content (AvgIpc) is 3.24. The van der Waals surface area contributed by atoms with E-state index in [1.807, 2.05) is 0 Å². The van der Waals surface area contributed by atoms with Crippen LogP contribution in [-0.4, -0.2) is 30.1 Å². The van der Waals surface area contributed by atoms with Gasteiger partial charge < -0.3 is 14.9 Å². The molecule has 1 saturated carbocycles. The standard InChI is InChI=1S/C13H13N3O4/c1-14-13(5-6-13)8-15-10-7-9(12(17)20-2)3-4-11(10)16(18)19/h3-4,7,15H,5-6,8H2,2H3. The summed E-state index contributed by atoms with van der Waals surface area (Å²) in [4.78, 5) is 25.4. The van der Waals surface area contributed by atoms with Crippen LogP contribution in [0.5, 0.6) is 0 Å². The fraction of sp³-hybridized carbons (Fsp3) is 0.385. The molecule has 2 rings (SSSR count). The zero-order valence-corrected chi connectivity index (χ0v) is 10.9. The van der Waals surface area contributed by atoms with E-state index in [1.54, 1.807) is 0 Å². The molecule has 1 aromatic rings. The summed E-state index contributed by atoms with van der Waals surface area (Å²) >= 11 is 0. The molecule has 1 N–H and O–H groups in total. The minimum absolute atomic E-state index is 0.126. The number of nitro benzene ring substituents is 1. The Hall–Kier alpha value is -2.62. The molecule has 7 nitrogen and oxygen atoms in total. The van der Waals surface area contributed by atoms with Gasteiger partial charge in [-0.2, -0.15) is 0 Å². The third-order valence-corrected chi connectivity index (χ3v) is 3.29. The lowest BCUT2D eigenvalue weighted by Gasteiger charge is -2.09. The second kappa shape index (κ2) is 5.17. The van der Waals surface area contributed by atoms with Crippen molar-refractivity contribution in [1.82, 2.24) is 0 Å². The number of hydrogen-bond acceptors (Lipinski definition) is 5. The smallest absolute Gasteiger partial charge is 0.337 e. The number of ether oxygens (including phenoxy) is 1. The zero-order valence-electron chi connectivity index (χ0n) is 10.9. The van der Waals surface area contributed by atoms with E-state index in [1.165, 1.54) is 25.3 Å². The number of rotatable bonds is 5. The van der Waals surface area contributed by atoms with E-state index in [9.17, 15) is 14.9 Å². The van der Waals surface area contributed by atoms with Gasteiger partial charge in [0.2, 0.25) is 5.54 Å². The monoisotopic (exact) mass is 275 g/mol. The average molecular weight is 275 g/mol. The Kier molecular flexibility index (Phi) is 3.57. The van der Waals surface area contributed by atoms with E-state index in [-0.39, 0.29) is 16.9 Å². The van der Waals surface area contributed by atoms with Crippen LogP contribution in [0.3, 0.4) is 0 Å². The summed E-state index contributed by atoms with van der Waals surface area (Å²) in [6, 6.07) is 3.98. The molecule has 0 atom stereocenters. The summed E-state index contributed by atoms with van der Waals surface area (Å²) in [6.07, 6.45) is 1.57. The molecule has 0 aromatic heterocycles. The molecule has 0 amide bonds. The summed E-state index contributed by atoms with van der Waals surface area (Å²) < 4.78 is 4.59. The Morgan fingerprint density at radius 2 is 2.30 bits per heavy atom. The maximum atomic E-state index is 11.4. The van der Waals surface area contributed by atoms with Gasteiger partial charge in [0, 0.05) is 18.9 Å². The minimum Gasteiger partial charge on any atom is -0.465 e. The van der Waals surface area contributed by atoms with E-state index >= 15 is 0 Å². The Labute approximate surface area is 115 Å². The molecule has 0 heterocycles. The van der Waals surface area contributed by atoms with Crippen molar-refractivity contribution in [1.29, 1.82) is 0 Å². The molecule has 0 radical (unpaired) electrons. The molecular weight excluding hydrogens is 262 g/mol. The highest BCUT2D eigenvalue weighted by Crippen LogP contribution is 2.40. The Balaban J connectivity index is 2.25. The van der Waals surface area contributed by atoms with Crippen LogP contribution in [0.25, 0.3) is 4.85 Å². The van der Waals surface area contributed by atoms with E-state index in [0.717, 1.165) is 12.8 Å². The second-order valence-corrected chi connectivity index (χ2v) is 4.67. The first-order chi connectivity index (χ1) is 9.51. The number of hydrogen-bond donors (Lipinski definition) is 1. The molecule has 0 saturated heterocycles. The summed E-state index contributed by atoms with van der Waals surface area (Å²) in [7, 11) is 1.25. The minimum atomic E-state index is -0.561. The van der Waals surface area contributed by atoms with Crippen molar-refractivity contribution in [3.05, 3.63) is 45.3 Å². The Morgan fingerprint density at radius 3 is 2.80 bits per heavy atom. The fourth-order valence-corrected chi connectivity index (χ4v) is 1.81. The van der Waals surface area contributed by atoms with Gasteiger partial charge in [-0.05, 0) is 12.1 Å². The molecule has 1 aromatic carbocycles. The summed E-state index contributed by atoms with van der Waals surface area (Å²) in [5, 5.41) is 13.9. The van der Waals surface area contributed by atoms with Gasteiger partial charge in [-0.15, -0.1) is 0 Å². The number of nitrogens with one attached hydrogen (secondary N) is 1. The van der Waals surface area contributed by atoms with Gasteiger partial charge >= 0.3 is 5.97 Å². The van der Waals surface area contributed by atoms with Gasteiger partial charge in [0.05, 0.1) is 24.1 Å². The van der Waals surface area contributed by atoms with Crippen molar-refractivity contribution in [3.8, 4) is 0 Å². The van der Waals surface area contributed by atoms with Crippen molar-refractivity contribution < 1.29 is 14.5 Å². The first kappa shape index (κ1) is 13.8. The molecule has 7 heteroatoms. The molecule has 20 heavy (non-hydrogen) atoms. The number of anilines is 1. The molecule has 1 aliphatic rings. The fourth-order valence-electron chi connectivity index (χ4n) is 1.81. The van der Waals surface area contributed by atoms with Crippen LogP contribution in [0.4, 0.5) is 11.4 Å². The van der Waals surface area contributed by atoms with Crippen molar-refractivity contribution in [2.24, 2.45) is 0 Å². The predicted molar refractivity (Wildman–Crippen MR) is 71.5 cm³/mol. The Bertz CT molecular complexity index is 602. The first-order valence-electron chi connectivity index (χ1n) is 6.00. The highest BCUT2D eigenvalue weighted by atomic mass is 16.6. The van der Waals surface area contributed by atoms with Crippen molar-refractivity contribution >= 4 is 17.3 Å². The zero-order chi connectivity index (χ0) is 14.8. The van der Waals surface area contributed by atoms with Crippen molar-refractivity contribution in [3.63, 3.8) is 0 Å². The maximum absolute atomic E-state index is 11.4. The number of methoxy groups -OCH3 is 1. The predicted octanol–water partition coefficient (Wildman–Crippen LogP) is 2.25. The second-order valence-electron chi connectivity index (χ2n) is 4.67. The topological polar surface area (TPSA) is 85.8 Å². The summed E-state index contributed by atoms with van der Waals surface area (Å²) in [5.74, 6) is -0.561. The van der Waals surface area contributed by atoms with Crippen LogP contribution in [0.1, 0.15) is 23.2 Å². The van der Waals surface area contributed by atoms with Gasteiger partial charge in [-0.3, -0.25) is 10.1 Å². The van der Waals surface area contributed by atoms with E-state index < -0.39 is 16.4 Å². The van der Waals surface area contributed by atoms with Crippen LogP contribution in [0, 0.1) is 16.7 Å². The SMILES string of the molecule is [C-]#[N+]C1(CNc2cc(C(=O)OC)ccc2[N+](=O)[O-])CC1. The molecule has 0 aliphatic heterocycles. The van der Waals surface area contributed by atoms with Crippen molar-refractivity contribution in [2.45, 2.75) is 18.4 Å². The van der Waals surface area contributed by atoms with Gasteiger partial charge in [0.1, 0.15) is 5.69 Å². The summed E-state index contributed by atoms with van der Waals surface area (Å²) in [6.45, 7) is 7.42. The van der Waals surface area contributed by atoms with Gasteiger partial charge in [0.25, 0.3) is 5.69 Å². The molecule has 0 bridgehead atoms. The lowest BCUT2D eigenvalue weighted by atomic mass is 10.1. The molecule has 1 fully saturated rings. The van der Waals surface area contributed by atoms with E-state index in [2.05, 4.69) is 14.9 Å². The van der Waals surface area contributed by atoms with Crippen LogP contribution in [0.15, 0.2) is 18.2 Å². The van der Waals surface area contributed by atoms with Crippen LogP contribution < -0.4 is 5.32 Å². The first-order valence-corrected chi connectivity index (χ1v) is 6.00. The highest BCUT2D eigenvalue weighted by molar-refractivity contribution is 5.91.